The lowest BCUT2D eigenvalue weighted by molar-refractivity contribution is 0.0637. The minimum Gasteiger partial charge on any atom is -0.450 e. The third-order valence-electron chi connectivity index (χ3n) is 5.24. The third-order valence-corrected chi connectivity index (χ3v) is 5.24. The van der Waals surface area contributed by atoms with Crippen LogP contribution in [0.2, 0.25) is 0 Å². The first kappa shape index (κ1) is 19.4. The van der Waals surface area contributed by atoms with E-state index in [9.17, 15) is 9.59 Å². The van der Waals surface area contributed by atoms with Gasteiger partial charge in [0.15, 0.2) is 0 Å². The van der Waals surface area contributed by atoms with Gasteiger partial charge in [-0.2, -0.15) is 0 Å². The highest BCUT2D eigenvalue weighted by atomic mass is 16.6. The van der Waals surface area contributed by atoms with Gasteiger partial charge in [-0.05, 0) is 25.6 Å². The molecule has 2 aliphatic heterocycles. The van der Waals surface area contributed by atoms with Crippen LogP contribution in [0, 0.1) is 0 Å². The Morgan fingerprint density at radius 2 is 1.67 bits per heavy atom. The molecule has 3 heterocycles. The number of pyridine rings is 1. The molecule has 0 N–H and O–H groups in total. The van der Waals surface area contributed by atoms with Crippen LogP contribution in [0.15, 0.2) is 18.3 Å². The molecule has 0 radical (unpaired) electrons. The van der Waals surface area contributed by atoms with Gasteiger partial charge >= 0.3 is 6.09 Å². The van der Waals surface area contributed by atoms with E-state index in [1.54, 1.807) is 11.1 Å². The standard InChI is InChI=1S/C19H29N5O3/c1-3-21-7-9-23(10-8-21)18(25)17-15-16(5-6-20-17)22-11-13-24(14-12-22)19(26)27-4-2/h5-6,15H,3-4,7-14H2,1-2H3. The van der Waals surface area contributed by atoms with Gasteiger partial charge < -0.3 is 24.3 Å². The number of carbonyl (C=O) groups is 2. The zero-order valence-electron chi connectivity index (χ0n) is 16.3. The van der Waals surface area contributed by atoms with Gasteiger partial charge in [0.2, 0.25) is 0 Å². The molecule has 0 aliphatic carbocycles. The Labute approximate surface area is 160 Å². The summed E-state index contributed by atoms with van der Waals surface area (Å²) in [6.45, 7) is 11.3. The summed E-state index contributed by atoms with van der Waals surface area (Å²) in [6, 6.07) is 3.79. The molecular weight excluding hydrogens is 346 g/mol. The average molecular weight is 375 g/mol. The lowest BCUT2D eigenvalue weighted by Gasteiger charge is -2.36. The minimum atomic E-state index is -0.256. The molecule has 2 fully saturated rings. The first-order chi connectivity index (χ1) is 13.1. The lowest BCUT2D eigenvalue weighted by Crippen LogP contribution is -2.49. The van der Waals surface area contributed by atoms with Crippen LogP contribution in [0.5, 0.6) is 0 Å². The SMILES string of the molecule is CCOC(=O)N1CCN(c2ccnc(C(=O)N3CCN(CC)CC3)c2)CC1. The molecule has 0 unspecified atom stereocenters. The third kappa shape index (κ3) is 4.68. The number of ether oxygens (including phenoxy) is 1. The van der Waals surface area contributed by atoms with Gasteiger partial charge in [-0.25, -0.2) is 4.79 Å². The van der Waals surface area contributed by atoms with Crippen molar-refractivity contribution >= 4 is 17.7 Å². The minimum absolute atomic E-state index is 0.00207. The van der Waals surface area contributed by atoms with Crippen LogP contribution in [0.25, 0.3) is 0 Å². The summed E-state index contributed by atoms with van der Waals surface area (Å²) in [5.74, 6) is -0.00207. The molecule has 2 aliphatic rings. The fraction of sp³-hybridized carbons (Fsp3) is 0.632. The number of piperazine rings is 2. The summed E-state index contributed by atoms with van der Waals surface area (Å²) in [5, 5.41) is 0. The summed E-state index contributed by atoms with van der Waals surface area (Å²) in [6.07, 6.45) is 1.44. The Bertz CT molecular complexity index is 653. The van der Waals surface area contributed by atoms with Crippen LogP contribution in [-0.4, -0.2) is 97.2 Å². The Morgan fingerprint density at radius 1 is 1.00 bits per heavy atom. The second-order valence-electron chi connectivity index (χ2n) is 6.80. The molecule has 0 spiro atoms. The van der Waals surface area contributed by atoms with E-state index in [0.29, 0.717) is 38.5 Å². The van der Waals surface area contributed by atoms with E-state index >= 15 is 0 Å². The fourth-order valence-electron chi connectivity index (χ4n) is 3.52. The molecule has 148 valence electrons. The van der Waals surface area contributed by atoms with Crippen molar-refractivity contribution in [3.8, 4) is 0 Å². The Hall–Kier alpha value is -2.35. The summed E-state index contributed by atoms with van der Waals surface area (Å²) in [4.78, 5) is 37.1. The summed E-state index contributed by atoms with van der Waals surface area (Å²) >= 11 is 0. The molecule has 8 nitrogen and oxygen atoms in total. The van der Waals surface area contributed by atoms with Gasteiger partial charge in [-0.15, -0.1) is 0 Å². The van der Waals surface area contributed by atoms with Gasteiger partial charge in [-0.3, -0.25) is 9.78 Å². The molecule has 0 saturated carbocycles. The molecule has 27 heavy (non-hydrogen) atoms. The summed E-state index contributed by atoms with van der Waals surface area (Å²) in [7, 11) is 0. The first-order valence-electron chi connectivity index (χ1n) is 9.76. The highest BCUT2D eigenvalue weighted by Crippen LogP contribution is 2.18. The number of anilines is 1. The quantitative estimate of drug-likeness (QED) is 0.786. The van der Waals surface area contributed by atoms with Crippen molar-refractivity contribution in [3.63, 3.8) is 0 Å². The van der Waals surface area contributed by atoms with Gasteiger partial charge in [0, 0.05) is 64.2 Å². The van der Waals surface area contributed by atoms with Crippen molar-refractivity contribution in [2.24, 2.45) is 0 Å². The molecule has 3 rings (SSSR count). The first-order valence-corrected chi connectivity index (χ1v) is 9.76. The highest BCUT2D eigenvalue weighted by Gasteiger charge is 2.25. The average Bonchev–Trinajstić information content (AvgIpc) is 2.73. The molecule has 1 aromatic heterocycles. The van der Waals surface area contributed by atoms with Crippen molar-refractivity contribution in [1.82, 2.24) is 19.7 Å². The Morgan fingerprint density at radius 3 is 2.30 bits per heavy atom. The largest absolute Gasteiger partial charge is 0.450 e. The van der Waals surface area contributed by atoms with Crippen LogP contribution < -0.4 is 4.90 Å². The van der Waals surface area contributed by atoms with E-state index in [1.165, 1.54) is 0 Å². The Balaban J connectivity index is 1.59. The molecule has 0 bridgehead atoms. The topological polar surface area (TPSA) is 69.2 Å². The van der Waals surface area contributed by atoms with E-state index in [4.69, 9.17) is 4.74 Å². The zero-order chi connectivity index (χ0) is 19.2. The summed E-state index contributed by atoms with van der Waals surface area (Å²) in [5.41, 5.74) is 1.47. The van der Waals surface area contributed by atoms with Crippen molar-refractivity contribution < 1.29 is 14.3 Å². The van der Waals surface area contributed by atoms with Crippen molar-refractivity contribution in [3.05, 3.63) is 24.0 Å². The smallest absolute Gasteiger partial charge is 0.409 e. The second kappa shape index (κ2) is 9.03. The van der Waals surface area contributed by atoms with E-state index in [1.807, 2.05) is 24.0 Å². The van der Waals surface area contributed by atoms with Gasteiger partial charge in [0.25, 0.3) is 5.91 Å². The van der Waals surface area contributed by atoms with Gasteiger partial charge in [-0.1, -0.05) is 6.92 Å². The van der Waals surface area contributed by atoms with Crippen molar-refractivity contribution in [2.75, 3.05) is 70.4 Å². The van der Waals surface area contributed by atoms with E-state index in [-0.39, 0.29) is 12.0 Å². The monoisotopic (exact) mass is 375 g/mol. The zero-order valence-corrected chi connectivity index (χ0v) is 16.3. The van der Waals surface area contributed by atoms with Gasteiger partial charge in [0.05, 0.1) is 6.61 Å². The molecule has 0 aromatic carbocycles. The number of aromatic nitrogens is 1. The van der Waals surface area contributed by atoms with E-state index in [2.05, 4.69) is 21.7 Å². The molecule has 2 amide bonds. The molecule has 0 atom stereocenters. The van der Waals surface area contributed by atoms with Crippen LogP contribution in [0.3, 0.4) is 0 Å². The van der Waals surface area contributed by atoms with Crippen molar-refractivity contribution in [2.45, 2.75) is 13.8 Å². The maximum Gasteiger partial charge on any atom is 0.409 e. The fourth-order valence-corrected chi connectivity index (χ4v) is 3.52. The maximum atomic E-state index is 12.8. The maximum absolute atomic E-state index is 12.8. The number of hydrogen-bond donors (Lipinski definition) is 0. The van der Waals surface area contributed by atoms with Crippen molar-refractivity contribution in [1.29, 1.82) is 0 Å². The van der Waals surface area contributed by atoms with Gasteiger partial charge in [0.1, 0.15) is 5.69 Å². The second-order valence-corrected chi connectivity index (χ2v) is 6.80. The predicted octanol–water partition coefficient (Wildman–Crippen LogP) is 1.14. The lowest BCUT2D eigenvalue weighted by atomic mass is 10.2. The summed E-state index contributed by atoms with van der Waals surface area (Å²) < 4.78 is 5.06. The van der Waals surface area contributed by atoms with Crippen LogP contribution in [0.1, 0.15) is 24.3 Å². The molecule has 1 aromatic rings. The molecular formula is C19H29N5O3. The van der Waals surface area contributed by atoms with Crippen LogP contribution in [0.4, 0.5) is 10.5 Å². The van der Waals surface area contributed by atoms with E-state index in [0.717, 1.165) is 38.4 Å². The number of rotatable bonds is 4. The highest BCUT2D eigenvalue weighted by molar-refractivity contribution is 5.93. The number of hydrogen-bond acceptors (Lipinski definition) is 6. The number of likely N-dealkylation sites (N-methyl/N-ethyl adjacent to an activating group) is 1. The number of nitrogens with zero attached hydrogens (tertiary/aromatic N) is 5. The normalized spacial score (nSPS) is 18.5. The van der Waals surface area contributed by atoms with E-state index < -0.39 is 0 Å². The predicted molar refractivity (Wildman–Crippen MR) is 103 cm³/mol. The number of carbonyl (C=O) groups excluding carboxylic acids is 2. The van der Waals surface area contributed by atoms with Crippen LogP contribution >= 0.6 is 0 Å². The molecule has 2 saturated heterocycles. The molecule has 8 heteroatoms. The number of amides is 2. The Kier molecular flexibility index (Phi) is 6.49. The van der Waals surface area contributed by atoms with Crippen LogP contribution in [-0.2, 0) is 4.74 Å².